The Bertz CT molecular complexity index is 318. The summed E-state index contributed by atoms with van der Waals surface area (Å²) in [5, 5.41) is 1.14. The normalized spacial score (nSPS) is 10.3. The third-order valence-electron chi connectivity index (χ3n) is 1.46. The van der Waals surface area contributed by atoms with Gasteiger partial charge >= 0.3 is 0 Å². The zero-order valence-corrected chi connectivity index (χ0v) is 11.2. The zero-order chi connectivity index (χ0) is 10.6. The zero-order valence-electron chi connectivity index (χ0n) is 7.52. The molecule has 0 bridgehead atoms. The van der Waals surface area contributed by atoms with Crippen molar-refractivity contribution in [2.75, 3.05) is 13.4 Å². The molecule has 0 aromatic heterocycles. The van der Waals surface area contributed by atoms with Crippen LogP contribution in [0.4, 0.5) is 0 Å². The molecule has 0 atom stereocenters. The van der Waals surface area contributed by atoms with E-state index in [-0.39, 0.29) is 6.79 Å². The van der Waals surface area contributed by atoms with Gasteiger partial charge in [-0.2, -0.15) is 0 Å². The monoisotopic (exact) mass is 346 g/mol. The van der Waals surface area contributed by atoms with Crippen molar-refractivity contribution in [3.63, 3.8) is 0 Å². The van der Waals surface area contributed by atoms with Crippen molar-refractivity contribution in [1.29, 1.82) is 0 Å². The molecule has 5 heteroatoms. The summed E-state index contributed by atoms with van der Waals surface area (Å²) >= 11 is 13.8. The molecule has 1 rings (SSSR count). The minimum absolute atomic E-state index is 0.211. The number of ether oxygens (including phenoxy) is 2. The molecule has 0 saturated carbocycles. The summed E-state index contributed by atoms with van der Waals surface area (Å²) in [6.07, 6.45) is 0. The third-order valence-corrected chi connectivity index (χ3v) is 3.41. The second kappa shape index (κ2) is 6.00. The second-order valence-corrected chi connectivity index (χ2v) is 4.38. The van der Waals surface area contributed by atoms with E-state index in [1.165, 1.54) is 0 Å². The maximum absolute atomic E-state index is 5.92. The minimum atomic E-state index is 0.211. The van der Waals surface area contributed by atoms with Gasteiger partial charge in [-0.15, -0.1) is 0 Å². The topological polar surface area (TPSA) is 18.5 Å². The predicted molar refractivity (Wildman–Crippen MR) is 66.3 cm³/mol. The van der Waals surface area contributed by atoms with Crippen LogP contribution in [0.15, 0.2) is 12.1 Å². The van der Waals surface area contributed by atoms with E-state index in [2.05, 4.69) is 22.6 Å². The molecule has 0 aliphatic carbocycles. The first-order valence-corrected chi connectivity index (χ1v) is 5.83. The Labute approximate surface area is 107 Å². The summed E-state index contributed by atoms with van der Waals surface area (Å²) in [5.74, 6) is 0.650. The molecule has 0 heterocycles. The van der Waals surface area contributed by atoms with E-state index in [1.807, 2.05) is 6.92 Å². The molecule has 14 heavy (non-hydrogen) atoms. The lowest BCUT2D eigenvalue weighted by Crippen LogP contribution is -2.03. The maximum atomic E-state index is 5.92. The molecule has 0 spiro atoms. The summed E-state index contributed by atoms with van der Waals surface area (Å²) < 4.78 is 11.2. The molecule has 0 amide bonds. The van der Waals surface area contributed by atoms with Crippen LogP contribution < -0.4 is 4.74 Å². The first-order valence-electron chi connectivity index (χ1n) is 4.00. The number of hydrogen-bond donors (Lipinski definition) is 0. The molecule has 0 saturated heterocycles. The predicted octanol–water partition coefficient (Wildman–Crippen LogP) is 3.97. The quantitative estimate of drug-likeness (QED) is 0.355. The highest BCUT2D eigenvalue weighted by atomic mass is 127. The van der Waals surface area contributed by atoms with Crippen LogP contribution in [0, 0.1) is 3.57 Å². The van der Waals surface area contributed by atoms with Gasteiger partial charge in [-0.1, -0.05) is 23.2 Å². The van der Waals surface area contributed by atoms with Crippen molar-refractivity contribution in [3.05, 3.63) is 25.7 Å². The number of rotatable bonds is 4. The van der Waals surface area contributed by atoms with Gasteiger partial charge in [0.25, 0.3) is 0 Å². The Kier molecular flexibility index (Phi) is 5.30. The average Bonchev–Trinajstić information content (AvgIpc) is 2.13. The second-order valence-electron chi connectivity index (χ2n) is 2.45. The highest BCUT2D eigenvalue weighted by Gasteiger charge is 2.07. The largest absolute Gasteiger partial charge is 0.466 e. The standard InChI is InChI=1S/C9H9Cl2IO2/c1-2-13-5-14-8-4-6(10)3-7(11)9(8)12/h3-4H,2,5H2,1H3. The Balaban J connectivity index is 2.75. The van der Waals surface area contributed by atoms with Crippen molar-refractivity contribution in [2.45, 2.75) is 6.92 Å². The van der Waals surface area contributed by atoms with Gasteiger partial charge in [0.15, 0.2) is 6.79 Å². The molecule has 2 nitrogen and oxygen atoms in total. The lowest BCUT2D eigenvalue weighted by molar-refractivity contribution is 0.0219. The summed E-state index contributed by atoms with van der Waals surface area (Å²) in [6.45, 7) is 2.73. The van der Waals surface area contributed by atoms with E-state index in [0.717, 1.165) is 3.57 Å². The Morgan fingerprint density at radius 1 is 1.36 bits per heavy atom. The smallest absolute Gasteiger partial charge is 0.189 e. The summed E-state index contributed by atoms with van der Waals surface area (Å²) in [5.41, 5.74) is 0. The van der Waals surface area contributed by atoms with Crippen molar-refractivity contribution in [1.82, 2.24) is 0 Å². The molecule has 0 N–H and O–H groups in total. The first kappa shape index (κ1) is 12.4. The van der Waals surface area contributed by atoms with Gasteiger partial charge in [0, 0.05) is 17.7 Å². The van der Waals surface area contributed by atoms with Gasteiger partial charge in [-0.3, -0.25) is 0 Å². The van der Waals surface area contributed by atoms with E-state index >= 15 is 0 Å². The van der Waals surface area contributed by atoms with Gasteiger partial charge in [0.05, 0.1) is 8.59 Å². The summed E-state index contributed by atoms with van der Waals surface area (Å²) in [4.78, 5) is 0. The maximum Gasteiger partial charge on any atom is 0.189 e. The van der Waals surface area contributed by atoms with Crippen molar-refractivity contribution < 1.29 is 9.47 Å². The fourth-order valence-corrected chi connectivity index (χ4v) is 1.77. The highest BCUT2D eigenvalue weighted by Crippen LogP contribution is 2.31. The van der Waals surface area contributed by atoms with E-state index < -0.39 is 0 Å². The first-order chi connectivity index (χ1) is 6.65. The Morgan fingerprint density at radius 2 is 2.07 bits per heavy atom. The van der Waals surface area contributed by atoms with Crippen LogP contribution in [0.2, 0.25) is 10.0 Å². The van der Waals surface area contributed by atoms with Gasteiger partial charge in [-0.05, 0) is 35.6 Å². The van der Waals surface area contributed by atoms with Crippen LogP contribution in [0.1, 0.15) is 6.92 Å². The fraction of sp³-hybridized carbons (Fsp3) is 0.333. The van der Waals surface area contributed by atoms with E-state index in [9.17, 15) is 0 Å². The van der Waals surface area contributed by atoms with Crippen molar-refractivity contribution in [2.24, 2.45) is 0 Å². The van der Waals surface area contributed by atoms with Crippen LogP contribution >= 0.6 is 45.8 Å². The summed E-state index contributed by atoms with van der Waals surface area (Å²) in [6, 6.07) is 3.40. The minimum Gasteiger partial charge on any atom is -0.466 e. The summed E-state index contributed by atoms with van der Waals surface area (Å²) in [7, 11) is 0. The van der Waals surface area contributed by atoms with Gasteiger partial charge in [0.2, 0.25) is 0 Å². The van der Waals surface area contributed by atoms with Crippen LogP contribution in [-0.4, -0.2) is 13.4 Å². The molecular weight excluding hydrogens is 338 g/mol. The van der Waals surface area contributed by atoms with Crippen molar-refractivity contribution in [3.8, 4) is 5.75 Å². The fourth-order valence-electron chi connectivity index (χ4n) is 0.826. The van der Waals surface area contributed by atoms with E-state index in [1.54, 1.807) is 12.1 Å². The Hall–Kier alpha value is 0.290. The lowest BCUT2D eigenvalue weighted by Gasteiger charge is -2.09. The molecule has 1 aromatic rings. The average molecular weight is 347 g/mol. The van der Waals surface area contributed by atoms with E-state index in [4.69, 9.17) is 32.7 Å². The molecule has 0 radical (unpaired) electrons. The van der Waals surface area contributed by atoms with Gasteiger partial charge in [0.1, 0.15) is 5.75 Å². The lowest BCUT2D eigenvalue weighted by atomic mass is 10.3. The third kappa shape index (κ3) is 3.46. The highest BCUT2D eigenvalue weighted by molar-refractivity contribution is 14.1. The molecule has 0 fully saturated rings. The van der Waals surface area contributed by atoms with Crippen molar-refractivity contribution >= 4 is 45.8 Å². The molecular formula is C9H9Cl2IO2. The number of benzene rings is 1. The van der Waals surface area contributed by atoms with E-state index in [0.29, 0.717) is 22.4 Å². The molecule has 0 aliphatic rings. The van der Waals surface area contributed by atoms with Crippen LogP contribution in [0.5, 0.6) is 5.75 Å². The van der Waals surface area contributed by atoms with Crippen LogP contribution in [0.3, 0.4) is 0 Å². The molecule has 0 aliphatic heterocycles. The number of halogens is 3. The van der Waals surface area contributed by atoms with Crippen LogP contribution in [-0.2, 0) is 4.74 Å². The molecule has 0 unspecified atom stereocenters. The SMILES string of the molecule is CCOCOc1cc(Cl)cc(Cl)c1I. The Morgan fingerprint density at radius 3 is 2.71 bits per heavy atom. The van der Waals surface area contributed by atoms with Gasteiger partial charge in [-0.25, -0.2) is 0 Å². The number of hydrogen-bond acceptors (Lipinski definition) is 2. The van der Waals surface area contributed by atoms with Crippen LogP contribution in [0.25, 0.3) is 0 Å². The van der Waals surface area contributed by atoms with Gasteiger partial charge < -0.3 is 9.47 Å². The molecule has 78 valence electrons. The molecule has 1 aromatic carbocycles.